The molecule has 1 saturated heterocycles. The van der Waals surface area contributed by atoms with Crippen molar-refractivity contribution < 1.29 is 14.4 Å². The van der Waals surface area contributed by atoms with Crippen LogP contribution in [0.5, 0.6) is 0 Å². The van der Waals surface area contributed by atoms with Gasteiger partial charge in [-0.05, 0) is 45.6 Å². The fraction of sp³-hybridized carbons (Fsp3) is 0.944. The third-order valence-corrected chi connectivity index (χ3v) is 9.14. The largest absolute Gasteiger partial charge is 0.409 e. The van der Waals surface area contributed by atoms with Gasteiger partial charge in [0.2, 0.25) is 5.91 Å². The van der Waals surface area contributed by atoms with Crippen molar-refractivity contribution in [2.24, 2.45) is 5.92 Å². The Hall–Kier alpha value is -0.433. The molecule has 24 heavy (non-hydrogen) atoms. The molecule has 1 aliphatic carbocycles. The van der Waals surface area contributed by atoms with E-state index in [4.69, 9.17) is 0 Å². The zero-order chi connectivity index (χ0) is 18.0. The Labute approximate surface area is 148 Å². The maximum atomic E-state index is 12.7. The number of hydrogen-bond donors (Lipinski definition) is 3. The highest BCUT2D eigenvalue weighted by molar-refractivity contribution is 6.71. The maximum Gasteiger partial charge on any atom is 0.363 e. The van der Waals surface area contributed by atoms with Crippen molar-refractivity contribution in [2.75, 3.05) is 13.6 Å². The standard InChI is InChI=1S/C18H36N2O3Si/c1-5-11-19-16(12-14-9-7-6-8-10-14)24(22,23)15-13-18(2,3)20(4)17(15)21/h14-16,19,22-23H,5-13H2,1-4H3. The Balaban J connectivity index is 2.14. The second-order valence-corrected chi connectivity index (χ2v) is 11.5. The van der Waals surface area contributed by atoms with Crippen LogP contribution in [0.1, 0.15) is 72.1 Å². The van der Waals surface area contributed by atoms with Gasteiger partial charge in [-0.3, -0.25) is 4.79 Å². The summed E-state index contributed by atoms with van der Waals surface area (Å²) >= 11 is 0. The summed E-state index contributed by atoms with van der Waals surface area (Å²) in [6.45, 7) is 6.86. The van der Waals surface area contributed by atoms with Crippen LogP contribution in [0.3, 0.4) is 0 Å². The van der Waals surface area contributed by atoms with Crippen molar-refractivity contribution in [3.05, 3.63) is 0 Å². The first-order chi connectivity index (χ1) is 11.2. The number of hydrogen-bond acceptors (Lipinski definition) is 4. The molecule has 0 aromatic carbocycles. The molecule has 2 fully saturated rings. The van der Waals surface area contributed by atoms with Crippen LogP contribution in [-0.4, -0.2) is 53.8 Å². The van der Waals surface area contributed by atoms with E-state index in [1.807, 2.05) is 13.8 Å². The summed E-state index contributed by atoms with van der Waals surface area (Å²) in [5, 5.41) is 3.39. The van der Waals surface area contributed by atoms with Crippen LogP contribution in [0.2, 0.25) is 5.54 Å². The van der Waals surface area contributed by atoms with Crippen molar-refractivity contribution in [2.45, 2.75) is 88.9 Å². The van der Waals surface area contributed by atoms with Crippen molar-refractivity contribution in [3.8, 4) is 0 Å². The number of carbonyl (C=O) groups excluding carboxylic acids is 1. The molecule has 6 heteroatoms. The molecule has 0 bridgehead atoms. The van der Waals surface area contributed by atoms with Crippen LogP contribution in [0.4, 0.5) is 0 Å². The fourth-order valence-electron chi connectivity index (χ4n) is 4.31. The van der Waals surface area contributed by atoms with Gasteiger partial charge < -0.3 is 19.8 Å². The Morgan fingerprint density at radius 3 is 2.42 bits per heavy atom. The molecule has 2 atom stereocenters. The summed E-state index contributed by atoms with van der Waals surface area (Å²) in [5.41, 5.74) is -1.22. The normalized spacial score (nSPS) is 26.8. The van der Waals surface area contributed by atoms with E-state index in [-0.39, 0.29) is 17.1 Å². The second kappa shape index (κ2) is 7.85. The second-order valence-electron chi connectivity index (χ2n) is 8.50. The van der Waals surface area contributed by atoms with Crippen LogP contribution in [0.25, 0.3) is 0 Å². The Kier molecular flexibility index (Phi) is 6.50. The van der Waals surface area contributed by atoms with Gasteiger partial charge >= 0.3 is 8.56 Å². The SMILES string of the molecule is CCCNC(CC1CCCCC1)[Si](O)(O)C1CC(C)(C)N(C)C1=O. The molecule has 1 aliphatic heterocycles. The minimum Gasteiger partial charge on any atom is -0.409 e. The first-order valence-corrected chi connectivity index (χ1v) is 11.7. The highest BCUT2D eigenvalue weighted by atomic mass is 28.4. The lowest BCUT2D eigenvalue weighted by molar-refractivity contribution is -0.129. The Morgan fingerprint density at radius 1 is 1.29 bits per heavy atom. The van der Waals surface area contributed by atoms with Gasteiger partial charge in [0.1, 0.15) is 0 Å². The molecule has 1 saturated carbocycles. The summed E-state index contributed by atoms with van der Waals surface area (Å²) in [4.78, 5) is 36.6. The Bertz CT molecular complexity index is 436. The molecule has 5 nitrogen and oxygen atoms in total. The topological polar surface area (TPSA) is 72.8 Å². The van der Waals surface area contributed by atoms with E-state index < -0.39 is 14.1 Å². The molecule has 1 amide bonds. The van der Waals surface area contributed by atoms with Crippen molar-refractivity contribution >= 4 is 14.5 Å². The van der Waals surface area contributed by atoms with Gasteiger partial charge in [-0.1, -0.05) is 39.0 Å². The highest BCUT2D eigenvalue weighted by Gasteiger charge is 2.58. The van der Waals surface area contributed by atoms with E-state index in [1.165, 1.54) is 32.1 Å². The van der Waals surface area contributed by atoms with Crippen LogP contribution in [0.15, 0.2) is 0 Å². The summed E-state index contributed by atoms with van der Waals surface area (Å²) in [6, 6.07) is 0. The van der Waals surface area contributed by atoms with E-state index in [1.54, 1.807) is 11.9 Å². The number of nitrogens with one attached hydrogen (secondary N) is 1. The minimum absolute atomic E-state index is 0.0939. The zero-order valence-electron chi connectivity index (χ0n) is 15.8. The number of carbonyl (C=O) groups is 1. The van der Waals surface area contributed by atoms with Crippen LogP contribution >= 0.6 is 0 Å². The van der Waals surface area contributed by atoms with Gasteiger partial charge in [-0.25, -0.2) is 0 Å². The molecule has 140 valence electrons. The summed E-state index contributed by atoms with van der Waals surface area (Å²) in [6.07, 6.45) is 8.44. The lowest BCUT2D eigenvalue weighted by Gasteiger charge is -2.35. The summed E-state index contributed by atoms with van der Waals surface area (Å²) in [7, 11) is -1.94. The van der Waals surface area contributed by atoms with E-state index in [9.17, 15) is 14.4 Å². The number of rotatable bonds is 7. The van der Waals surface area contributed by atoms with Gasteiger partial charge in [0.15, 0.2) is 0 Å². The minimum atomic E-state index is -3.72. The molecule has 0 radical (unpaired) electrons. The molecule has 0 aromatic heterocycles. The van der Waals surface area contributed by atoms with Crippen LogP contribution in [0, 0.1) is 5.92 Å². The molecule has 2 rings (SSSR count). The number of nitrogens with zero attached hydrogens (tertiary/aromatic N) is 1. The molecule has 3 N–H and O–H groups in total. The third kappa shape index (κ3) is 4.21. The van der Waals surface area contributed by atoms with E-state index in [0.717, 1.165) is 19.4 Å². The third-order valence-electron chi connectivity index (χ3n) is 6.20. The smallest absolute Gasteiger partial charge is 0.363 e. The molecular weight excluding hydrogens is 320 g/mol. The molecule has 0 spiro atoms. The first-order valence-electron chi connectivity index (χ1n) is 9.66. The van der Waals surface area contributed by atoms with Gasteiger partial charge in [0.25, 0.3) is 0 Å². The number of likely N-dealkylation sites (tertiary alicyclic amines) is 1. The van der Waals surface area contributed by atoms with Crippen LogP contribution in [-0.2, 0) is 4.79 Å². The highest BCUT2D eigenvalue weighted by Crippen LogP contribution is 2.42. The average molecular weight is 357 g/mol. The molecular formula is C18H36N2O3Si. The van der Waals surface area contributed by atoms with E-state index in [0.29, 0.717) is 12.3 Å². The summed E-state index contributed by atoms with van der Waals surface area (Å²) < 4.78 is 0. The molecule has 2 unspecified atom stereocenters. The van der Waals surface area contributed by atoms with Crippen molar-refractivity contribution in [1.82, 2.24) is 10.2 Å². The average Bonchev–Trinajstić information content (AvgIpc) is 2.76. The van der Waals surface area contributed by atoms with Crippen LogP contribution < -0.4 is 5.32 Å². The predicted octanol–water partition coefficient (Wildman–Crippen LogP) is 2.30. The van der Waals surface area contributed by atoms with Crippen molar-refractivity contribution in [1.29, 1.82) is 0 Å². The molecule has 1 heterocycles. The molecule has 2 aliphatic rings. The lowest BCUT2D eigenvalue weighted by atomic mass is 9.87. The van der Waals surface area contributed by atoms with E-state index >= 15 is 0 Å². The van der Waals surface area contributed by atoms with Crippen molar-refractivity contribution in [3.63, 3.8) is 0 Å². The van der Waals surface area contributed by atoms with E-state index in [2.05, 4.69) is 12.2 Å². The molecule has 0 aromatic rings. The van der Waals surface area contributed by atoms with Gasteiger partial charge in [0, 0.05) is 12.6 Å². The summed E-state index contributed by atoms with van der Waals surface area (Å²) in [5.74, 6) is 0.463. The maximum absolute atomic E-state index is 12.7. The fourth-order valence-corrected chi connectivity index (χ4v) is 7.28. The number of amides is 1. The lowest BCUT2D eigenvalue weighted by Crippen LogP contribution is -2.61. The van der Waals surface area contributed by atoms with Gasteiger partial charge in [-0.15, -0.1) is 0 Å². The first kappa shape index (κ1) is 19.9. The van der Waals surface area contributed by atoms with Gasteiger partial charge in [-0.2, -0.15) is 0 Å². The Morgan fingerprint density at radius 2 is 1.92 bits per heavy atom. The monoisotopic (exact) mass is 356 g/mol. The quantitative estimate of drug-likeness (QED) is 0.612. The van der Waals surface area contributed by atoms with Gasteiger partial charge in [0.05, 0.1) is 11.2 Å². The predicted molar refractivity (Wildman–Crippen MR) is 98.7 cm³/mol. The zero-order valence-corrected chi connectivity index (χ0v) is 16.8.